The fourth-order valence-corrected chi connectivity index (χ4v) is 3.07. The van der Waals surface area contributed by atoms with Crippen LogP contribution >= 0.6 is 7.60 Å². The molecule has 0 aromatic rings. The second-order valence-corrected chi connectivity index (χ2v) is 8.26. The molecule has 0 rings (SSSR count). The Labute approximate surface area is 136 Å². The zero-order valence-electron chi connectivity index (χ0n) is 14.8. The second-order valence-electron chi connectivity index (χ2n) is 6.35. The van der Waals surface area contributed by atoms with Gasteiger partial charge >= 0.3 is 7.60 Å². The third-order valence-electron chi connectivity index (χ3n) is 3.81. The minimum Gasteiger partial charge on any atom is -0.324 e. The molecule has 0 saturated heterocycles. The Morgan fingerprint density at radius 2 is 1.45 bits per heavy atom. The Morgan fingerprint density at radius 1 is 0.955 bits per heavy atom. The molecule has 4 heteroatoms. The van der Waals surface area contributed by atoms with E-state index in [0.717, 1.165) is 25.7 Å². The summed E-state index contributed by atoms with van der Waals surface area (Å²) in [6.45, 7) is 10.3. The van der Waals surface area contributed by atoms with E-state index in [0.29, 0.717) is 12.8 Å². The molecule has 3 nitrogen and oxygen atoms in total. The molecule has 0 amide bonds. The van der Waals surface area contributed by atoms with Gasteiger partial charge in [-0.05, 0) is 66.2 Å². The van der Waals surface area contributed by atoms with Gasteiger partial charge in [0.05, 0.1) is 5.66 Å². The monoisotopic (exact) mass is 328 g/mol. The van der Waals surface area contributed by atoms with Crippen molar-refractivity contribution in [3.8, 4) is 0 Å². The number of rotatable bonds is 10. The van der Waals surface area contributed by atoms with Crippen molar-refractivity contribution in [3.63, 3.8) is 0 Å². The number of hydrogen-bond acceptors (Lipinski definition) is 1. The first kappa shape index (κ1) is 21.4. The third kappa shape index (κ3) is 11.0. The van der Waals surface area contributed by atoms with Gasteiger partial charge in [-0.1, -0.05) is 41.9 Å². The summed E-state index contributed by atoms with van der Waals surface area (Å²) >= 11 is 0. The van der Waals surface area contributed by atoms with E-state index in [4.69, 9.17) is 0 Å². The standard InChI is InChI=1S/C18H33O3P/c1-6-18(22(19,20)21)14-13-17(5)12-8-11-16(4)10-7-9-15(2)3/h9,11,13,18H,6-8,10,12,14H2,1-5H3,(H2,19,20,21)/b16-11+,17-13+. The van der Waals surface area contributed by atoms with Crippen molar-refractivity contribution in [3.05, 3.63) is 34.9 Å². The molecule has 2 N–H and O–H groups in total. The highest BCUT2D eigenvalue weighted by atomic mass is 31.2. The molecule has 0 fully saturated rings. The summed E-state index contributed by atoms with van der Waals surface area (Å²) in [4.78, 5) is 18.5. The Bertz CT molecular complexity index is 451. The Morgan fingerprint density at radius 3 is 1.91 bits per heavy atom. The predicted octanol–water partition coefficient (Wildman–Crippen LogP) is 5.75. The van der Waals surface area contributed by atoms with Crippen LogP contribution < -0.4 is 0 Å². The van der Waals surface area contributed by atoms with Crippen LogP contribution in [0.3, 0.4) is 0 Å². The van der Waals surface area contributed by atoms with Crippen molar-refractivity contribution in [2.24, 2.45) is 0 Å². The first-order valence-corrected chi connectivity index (χ1v) is 9.84. The second kappa shape index (κ2) is 11.0. The van der Waals surface area contributed by atoms with E-state index in [1.165, 1.54) is 16.7 Å². The van der Waals surface area contributed by atoms with Gasteiger partial charge in [0.1, 0.15) is 0 Å². The van der Waals surface area contributed by atoms with Crippen molar-refractivity contribution in [1.29, 1.82) is 0 Å². The van der Waals surface area contributed by atoms with E-state index in [2.05, 4.69) is 32.9 Å². The summed E-state index contributed by atoms with van der Waals surface area (Å²) < 4.78 is 11.3. The van der Waals surface area contributed by atoms with E-state index < -0.39 is 13.3 Å². The minimum absolute atomic E-state index is 0.468. The van der Waals surface area contributed by atoms with E-state index >= 15 is 0 Å². The molecule has 1 atom stereocenters. The zero-order chi connectivity index (χ0) is 17.2. The number of allylic oxidation sites excluding steroid dienone is 6. The molecule has 128 valence electrons. The van der Waals surface area contributed by atoms with Crippen molar-refractivity contribution < 1.29 is 14.4 Å². The average Bonchev–Trinajstić information content (AvgIpc) is 2.37. The van der Waals surface area contributed by atoms with E-state index in [1.54, 1.807) is 0 Å². The first-order chi connectivity index (χ1) is 10.2. The van der Waals surface area contributed by atoms with Gasteiger partial charge in [-0.3, -0.25) is 4.57 Å². The normalized spacial score (nSPS) is 14.9. The summed E-state index contributed by atoms with van der Waals surface area (Å²) in [5.41, 5.74) is 3.44. The van der Waals surface area contributed by atoms with Crippen molar-refractivity contribution in [2.45, 2.75) is 78.8 Å². The van der Waals surface area contributed by atoms with Crippen LogP contribution in [0.25, 0.3) is 0 Å². The highest BCUT2D eigenvalue weighted by Crippen LogP contribution is 2.44. The molecule has 0 heterocycles. The van der Waals surface area contributed by atoms with Gasteiger partial charge in [-0.25, -0.2) is 0 Å². The summed E-state index contributed by atoms with van der Waals surface area (Å²) in [6.07, 6.45) is 11.6. The third-order valence-corrected chi connectivity index (χ3v) is 5.34. The van der Waals surface area contributed by atoms with Gasteiger partial charge in [-0.2, -0.15) is 0 Å². The predicted molar refractivity (Wildman–Crippen MR) is 96.2 cm³/mol. The van der Waals surface area contributed by atoms with Crippen molar-refractivity contribution in [2.75, 3.05) is 0 Å². The molecule has 0 spiro atoms. The molecule has 0 saturated carbocycles. The Balaban J connectivity index is 4.21. The summed E-state index contributed by atoms with van der Waals surface area (Å²) in [6, 6.07) is 0. The maximum Gasteiger partial charge on any atom is 0.328 e. The number of hydrogen-bond donors (Lipinski definition) is 2. The lowest BCUT2D eigenvalue weighted by Crippen LogP contribution is -2.05. The molecule has 0 aromatic heterocycles. The summed E-state index contributed by atoms with van der Waals surface area (Å²) in [5, 5.41) is 0. The largest absolute Gasteiger partial charge is 0.328 e. The van der Waals surface area contributed by atoms with E-state index in [1.807, 2.05) is 19.9 Å². The Hall–Kier alpha value is -0.630. The maximum absolute atomic E-state index is 11.3. The van der Waals surface area contributed by atoms with Gasteiger partial charge in [0, 0.05) is 0 Å². The summed E-state index contributed by atoms with van der Waals surface area (Å²) in [5.74, 6) is 0. The smallest absolute Gasteiger partial charge is 0.324 e. The van der Waals surface area contributed by atoms with Crippen LogP contribution in [-0.4, -0.2) is 15.4 Å². The molecule has 0 radical (unpaired) electrons. The lowest BCUT2D eigenvalue weighted by molar-refractivity contribution is 0.356. The quantitative estimate of drug-likeness (QED) is 0.396. The van der Waals surface area contributed by atoms with Crippen molar-refractivity contribution >= 4 is 7.60 Å². The van der Waals surface area contributed by atoms with Crippen LogP contribution in [0.5, 0.6) is 0 Å². The van der Waals surface area contributed by atoms with Crippen LogP contribution in [0, 0.1) is 0 Å². The highest BCUT2D eigenvalue weighted by Gasteiger charge is 2.25. The van der Waals surface area contributed by atoms with Gasteiger partial charge in [0.15, 0.2) is 0 Å². The average molecular weight is 328 g/mol. The van der Waals surface area contributed by atoms with Crippen LogP contribution in [-0.2, 0) is 4.57 Å². The molecule has 22 heavy (non-hydrogen) atoms. The lowest BCUT2D eigenvalue weighted by atomic mass is 10.1. The van der Waals surface area contributed by atoms with Crippen LogP contribution in [0.15, 0.2) is 34.9 Å². The molecule has 0 aliphatic rings. The lowest BCUT2D eigenvalue weighted by Gasteiger charge is -2.14. The molecule has 0 aromatic carbocycles. The molecular weight excluding hydrogens is 295 g/mol. The van der Waals surface area contributed by atoms with E-state index in [9.17, 15) is 14.4 Å². The van der Waals surface area contributed by atoms with Gasteiger partial charge in [-0.15, -0.1) is 0 Å². The fourth-order valence-electron chi connectivity index (χ4n) is 2.22. The highest BCUT2D eigenvalue weighted by molar-refractivity contribution is 7.52. The van der Waals surface area contributed by atoms with E-state index in [-0.39, 0.29) is 0 Å². The molecule has 0 bridgehead atoms. The van der Waals surface area contributed by atoms with Crippen LogP contribution in [0.4, 0.5) is 0 Å². The maximum atomic E-state index is 11.3. The van der Waals surface area contributed by atoms with Gasteiger partial charge in [0.2, 0.25) is 0 Å². The summed E-state index contributed by atoms with van der Waals surface area (Å²) in [7, 11) is -3.96. The molecular formula is C18H33O3P. The fraction of sp³-hybridized carbons (Fsp3) is 0.667. The minimum atomic E-state index is -3.96. The molecule has 0 aliphatic heterocycles. The first-order valence-electron chi connectivity index (χ1n) is 8.16. The van der Waals surface area contributed by atoms with Gasteiger partial charge in [0.25, 0.3) is 0 Å². The van der Waals surface area contributed by atoms with Gasteiger partial charge < -0.3 is 9.79 Å². The van der Waals surface area contributed by atoms with Crippen LogP contribution in [0.1, 0.15) is 73.1 Å². The molecule has 0 aliphatic carbocycles. The SMILES string of the molecule is CCC(C/C=C(\C)CC/C=C(\C)CCC=C(C)C)P(=O)(O)O. The van der Waals surface area contributed by atoms with Crippen LogP contribution in [0.2, 0.25) is 0 Å². The Kier molecular flexibility index (Phi) is 10.7. The van der Waals surface area contributed by atoms with Crippen molar-refractivity contribution in [1.82, 2.24) is 0 Å². The topological polar surface area (TPSA) is 57.5 Å². The molecule has 1 unspecified atom stereocenters. The zero-order valence-corrected chi connectivity index (χ0v) is 15.7.